The Hall–Kier alpha value is -2.64. The first-order valence-corrected chi connectivity index (χ1v) is 4.71. The summed E-state index contributed by atoms with van der Waals surface area (Å²) in [6, 6.07) is 1.61. The lowest BCUT2D eigenvalue weighted by atomic mass is 10.3. The first kappa shape index (κ1) is 10.9. The van der Waals surface area contributed by atoms with E-state index in [0.29, 0.717) is 5.82 Å². The summed E-state index contributed by atoms with van der Waals surface area (Å²) in [5.74, 6) is -0.341. The molecule has 8 heteroatoms. The van der Waals surface area contributed by atoms with E-state index in [2.05, 4.69) is 20.5 Å². The Morgan fingerprint density at radius 2 is 2.18 bits per heavy atom. The highest BCUT2D eigenvalue weighted by Gasteiger charge is 2.12. The molecule has 4 N–H and O–H groups in total. The fourth-order valence-electron chi connectivity index (χ4n) is 1.24. The molecule has 0 atom stereocenters. The van der Waals surface area contributed by atoms with Gasteiger partial charge in [-0.2, -0.15) is 5.10 Å². The summed E-state index contributed by atoms with van der Waals surface area (Å²) in [7, 11) is 0. The molecular formula is C9H9N5O3. The Bertz CT molecular complexity index is 666. The van der Waals surface area contributed by atoms with Gasteiger partial charge in [-0.1, -0.05) is 0 Å². The Balaban J connectivity index is 2.26. The van der Waals surface area contributed by atoms with Crippen molar-refractivity contribution in [1.82, 2.24) is 20.2 Å². The molecule has 8 nitrogen and oxygen atoms in total. The smallest absolute Gasteiger partial charge is 0.313 e. The predicted molar refractivity (Wildman–Crippen MR) is 59.0 cm³/mol. The molecule has 0 aliphatic carbocycles. The third kappa shape index (κ3) is 2.30. The van der Waals surface area contributed by atoms with Crippen LogP contribution in [0, 0.1) is 6.92 Å². The topological polar surface area (TPSA) is 124 Å². The summed E-state index contributed by atoms with van der Waals surface area (Å²) >= 11 is 0. The van der Waals surface area contributed by atoms with Gasteiger partial charge < -0.3 is 10.3 Å². The Morgan fingerprint density at radius 3 is 2.76 bits per heavy atom. The third-order valence-electron chi connectivity index (χ3n) is 2.01. The van der Waals surface area contributed by atoms with E-state index in [1.54, 1.807) is 13.0 Å². The first-order chi connectivity index (χ1) is 8.06. The highest BCUT2D eigenvalue weighted by Crippen LogP contribution is 2.04. The number of aromatic nitrogens is 4. The van der Waals surface area contributed by atoms with Gasteiger partial charge in [0, 0.05) is 18.0 Å². The second kappa shape index (κ2) is 4.08. The molecule has 0 aromatic carbocycles. The van der Waals surface area contributed by atoms with Crippen molar-refractivity contribution in [2.45, 2.75) is 6.92 Å². The maximum atomic E-state index is 11.6. The Kier molecular flexibility index (Phi) is 2.61. The summed E-state index contributed by atoms with van der Waals surface area (Å²) in [4.78, 5) is 37.9. The van der Waals surface area contributed by atoms with Gasteiger partial charge in [0.1, 0.15) is 5.56 Å². The van der Waals surface area contributed by atoms with Crippen molar-refractivity contribution >= 4 is 11.7 Å². The number of rotatable bonds is 2. The number of aryl methyl sites for hydroxylation is 1. The minimum atomic E-state index is -0.751. The van der Waals surface area contributed by atoms with Crippen LogP contribution in [0.25, 0.3) is 0 Å². The van der Waals surface area contributed by atoms with E-state index in [9.17, 15) is 14.4 Å². The standard InChI is InChI=1S/C9H9N5O3/c1-4-2-6(14-13-4)11-7(15)5-3-10-9(17)12-8(5)16/h2-3H,1H3,(H2,10,12,16,17)(H2,11,13,14,15). The van der Waals surface area contributed by atoms with Gasteiger partial charge in [-0.25, -0.2) is 4.79 Å². The third-order valence-corrected chi connectivity index (χ3v) is 2.01. The molecule has 2 aromatic heterocycles. The average Bonchev–Trinajstić information content (AvgIpc) is 2.63. The fourth-order valence-corrected chi connectivity index (χ4v) is 1.24. The van der Waals surface area contributed by atoms with Gasteiger partial charge in [0.05, 0.1) is 0 Å². The van der Waals surface area contributed by atoms with Gasteiger partial charge in [-0.15, -0.1) is 0 Å². The summed E-state index contributed by atoms with van der Waals surface area (Å²) in [6.07, 6.45) is 1.05. The zero-order valence-corrected chi connectivity index (χ0v) is 8.83. The molecule has 2 rings (SSSR count). The number of anilines is 1. The fraction of sp³-hybridized carbons (Fsp3) is 0.111. The van der Waals surface area contributed by atoms with Crippen LogP contribution in [0.4, 0.5) is 5.82 Å². The Morgan fingerprint density at radius 1 is 1.41 bits per heavy atom. The van der Waals surface area contributed by atoms with Crippen LogP contribution in [-0.4, -0.2) is 26.1 Å². The molecule has 0 spiro atoms. The van der Waals surface area contributed by atoms with Crippen LogP contribution in [0.15, 0.2) is 21.9 Å². The van der Waals surface area contributed by atoms with Crippen LogP contribution >= 0.6 is 0 Å². The van der Waals surface area contributed by atoms with Gasteiger partial charge in [-0.3, -0.25) is 19.7 Å². The van der Waals surface area contributed by atoms with E-state index in [-0.39, 0.29) is 5.56 Å². The van der Waals surface area contributed by atoms with Crippen LogP contribution in [0.1, 0.15) is 16.1 Å². The lowest BCUT2D eigenvalue weighted by molar-refractivity contribution is 0.102. The average molecular weight is 235 g/mol. The van der Waals surface area contributed by atoms with Crippen molar-refractivity contribution in [3.8, 4) is 0 Å². The van der Waals surface area contributed by atoms with Crippen molar-refractivity contribution in [3.05, 3.63) is 44.4 Å². The predicted octanol–water partition coefficient (Wildman–Crippen LogP) is -0.653. The first-order valence-electron chi connectivity index (χ1n) is 4.71. The van der Waals surface area contributed by atoms with Gasteiger partial charge in [0.25, 0.3) is 11.5 Å². The summed E-state index contributed by atoms with van der Waals surface area (Å²) in [5, 5.41) is 8.84. The molecule has 1 amide bonds. The number of nitrogens with one attached hydrogen (secondary N) is 4. The van der Waals surface area contributed by atoms with Crippen LogP contribution < -0.4 is 16.6 Å². The van der Waals surface area contributed by atoms with Crippen molar-refractivity contribution in [3.63, 3.8) is 0 Å². The van der Waals surface area contributed by atoms with Crippen molar-refractivity contribution < 1.29 is 4.79 Å². The summed E-state index contributed by atoms with van der Waals surface area (Å²) in [5.41, 5.74) is -0.832. The van der Waals surface area contributed by atoms with E-state index in [4.69, 9.17) is 0 Å². The van der Waals surface area contributed by atoms with Crippen molar-refractivity contribution in [2.24, 2.45) is 0 Å². The van der Waals surface area contributed by atoms with Crippen LogP contribution in [0.5, 0.6) is 0 Å². The summed E-state index contributed by atoms with van der Waals surface area (Å²) in [6.45, 7) is 1.77. The quantitative estimate of drug-likeness (QED) is 0.552. The largest absolute Gasteiger partial charge is 0.325 e. The molecule has 0 radical (unpaired) electrons. The lowest BCUT2D eigenvalue weighted by Crippen LogP contribution is -2.29. The molecule has 17 heavy (non-hydrogen) atoms. The number of hydrogen-bond donors (Lipinski definition) is 4. The van der Waals surface area contributed by atoms with Gasteiger partial charge >= 0.3 is 5.69 Å². The van der Waals surface area contributed by atoms with Gasteiger partial charge in [0.2, 0.25) is 0 Å². The van der Waals surface area contributed by atoms with Crippen molar-refractivity contribution in [1.29, 1.82) is 0 Å². The molecule has 0 fully saturated rings. The van der Waals surface area contributed by atoms with Crippen LogP contribution in [-0.2, 0) is 0 Å². The van der Waals surface area contributed by atoms with Crippen molar-refractivity contribution in [2.75, 3.05) is 5.32 Å². The maximum Gasteiger partial charge on any atom is 0.325 e. The van der Waals surface area contributed by atoms with Gasteiger partial charge in [-0.05, 0) is 6.92 Å². The molecule has 0 aliphatic rings. The number of hydrogen-bond acceptors (Lipinski definition) is 4. The van der Waals surface area contributed by atoms with Crippen LogP contribution in [0.3, 0.4) is 0 Å². The number of carbonyl (C=O) groups is 1. The lowest BCUT2D eigenvalue weighted by Gasteiger charge is -1.99. The molecule has 0 aliphatic heterocycles. The number of amides is 1. The molecule has 2 heterocycles. The SMILES string of the molecule is Cc1cc(NC(=O)c2c[nH]c(=O)[nH]c2=O)n[nH]1. The molecule has 88 valence electrons. The minimum Gasteiger partial charge on any atom is -0.313 e. The van der Waals surface area contributed by atoms with E-state index in [1.165, 1.54) is 0 Å². The van der Waals surface area contributed by atoms with E-state index >= 15 is 0 Å². The molecular weight excluding hydrogens is 226 g/mol. The van der Waals surface area contributed by atoms with Gasteiger partial charge in [0.15, 0.2) is 5.82 Å². The second-order valence-electron chi connectivity index (χ2n) is 3.38. The zero-order valence-electron chi connectivity index (χ0n) is 8.83. The second-order valence-corrected chi connectivity index (χ2v) is 3.38. The number of carbonyl (C=O) groups excluding carboxylic acids is 1. The van der Waals surface area contributed by atoms with E-state index in [0.717, 1.165) is 11.9 Å². The number of H-pyrrole nitrogens is 3. The van der Waals surface area contributed by atoms with E-state index in [1.807, 2.05) is 4.98 Å². The molecule has 0 unspecified atom stereocenters. The zero-order chi connectivity index (χ0) is 12.4. The highest BCUT2D eigenvalue weighted by atomic mass is 16.2. The molecule has 0 saturated heterocycles. The highest BCUT2D eigenvalue weighted by molar-refractivity contribution is 6.03. The Labute approximate surface area is 94.1 Å². The minimum absolute atomic E-state index is 0.190. The molecule has 0 saturated carbocycles. The normalized spacial score (nSPS) is 10.2. The number of aromatic amines is 3. The maximum absolute atomic E-state index is 11.6. The number of nitrogens with zero attached hydrogens (tertiary/aromatic N) is 1. The van der Waals surface area contributed by atoms with Crippen LogP contribution in [0.2, 0.25) is 0 Å². The molecule has 0 bridgehead atoms. The summed E-state index contributed by atoms with van der Waals surface area (Å²) < 4.78 is 0. The monoisotopic (exact) mass is 235 g/mol. The molecule has 2 aromatic rings. The van der Waals surface area contributed by atoms with E-state index < -0.39 is 17.2 Å².